The zero-order valence-electron chi connectivity index (χ0n) is 11.3. The SMILES string of the molecule is CN(c1cccc(Cl)c1)C(CN)C(F)(F)F.O=C(O)C(=O)O. The number of carboxylic acid groups (broad SMARTS) is 2. The number of hydrogen-bond donors (Lipinski definition) is 3. The van der Waals surface area contributed by atoms with Crippen LogP contribution in [-0.4, -0.2) is 48.0 Å². The van der Waals surface area contributed by atoms with E-state index in [9.17, 15) is 13.2 Å². The van der Waals surface area contributed by atoms with Gasteiger partial charge in [-0.1, -0.05) is 17.7 Å². The van der Waals surface area contributed by atoms with Crippen molar-refractivity contribution < 1.29 is 33.0 Å². The van der Waals surface area contributed by atoms with Crippen molar-refractivity contribution in [2.24, 2.45) is 5.73 Å². The number of rotatable bonds is 3. The van der Waals surface area contributed by atoms with E-state index in [1.807, 2.05) is 0 Å². The minimum Gasteiger partial charge on any atom is -0.473 e. The average molecular weight is 343 g/mol. The number of hydrogen-bond acceptors (Lipinski definition) is 4. The van der Waals surface area contributed by atoms with Crippen LogP contribution in [0.4, 0.5) is 18.9 Å². The first-order valence-electron chi connectivity index (χ1n) is 5.72. The minimum atomic E-state index is -4.36. The molecule has 0 radical (unpaired) electrons. The topological polar surface area (TPSA) is 104 Å². The van der Waals surface area contributed by atoms with E-state index in [4.69, 9.17) is 37.1 Å². The van der Waals surface area contributed by atoms with Crippen molar-refractivity contribution in [1.29, 1.82) is 0 Å². The van der Waals surface area contributed by atoms with Crippen molar-refractivity contribution in [2.45, 2.75) is 12.2 Å². The van der Waals surface area contributed by atoms with Crippen molar-refractivity contribution in [3.05, 3.63) is 29.3 Å². The number of carboxylic acids is 2. The molecule has 0 bridgehead atoms. The maximum Gasteiger partial charge on any atom is 0.414 e. The first kappa shape index (κ1) is 20.0. The van der Waals surface area contributed by atoms with Crippen LogP contribution in [0.1, 0.15) is 0 Å². The predicted molar refractivity (Wildman–Crippen MR) is 74.0 cm³/mol. The fraction of sp³-hybridized carbons (Fsp3) is 0.333. The quantitative estimate of drug-likeness (QED) is 0.724. The number of anilines is 1. The first-order chi connectivity index (χ1) is 10.0. The van der Waals surface area contributed by atoms with Gasteiger partial charge in [-0.2, -0.15) is 13.2 Å². The first-order valence-corrected chi connectivity index (χ1v) is 6.09. The normalized spacial score (nSPS) is 11.9. The number of alkyl halides is 3. The van der Waals surface area contributed by atoms with Gasteiger partial charge in [0.05, 0.1) is 0 Å². The van der Waals surface area contributed by atoms with Crippen LogP contribution in [-0.2, 0) is 9.59 Å². The van der Waals surface area contributed by atoms with Gasteiger partial charge in [-0.15, -0.1) is 0 Å². The van der Waals surface area contributed by atoms with Crippen molar-refractivity contribution in [2.75, 3.05) is 18.5 Å². The number of aliphatic carboxylic acids is 2. The molecule has 0 heterocycles. The molecule has 22 heavy (non-hydrogen) atoms. The van der Waals surface area contributed by atoms with Gasteiger partial charge in [0.15, 0.2) is 0 Å². The lowest BCUT2D eigenvalue weighted by molar-refractivity contribution is -0.159. The van der Waals surface area contributed by atoms with Crippen LogP contribution in [0.3, 0.4) is 0 Å². The Bertz CT molecular complexity index is 513. The second kappa shape index (κ2) is 8.44. The Balaban J connectivity index is 0.000000626. The zero-order chi connectivity index (χ0) is 17.5. The van der Waals surface area contributed by atoms with E-state index in [0.29, 0.717) is 10.7 Å². The molecular weight excluding hydrogens is 329 g/mol. The van der Waals surface area contributed by atoms with E-state index in [0.717, 1.165) is 4.90 Å². The number of benzene rings is 1. The summed E-state index contributed by atoms with van der Waals surface area (Å²) in [6, 6.07) is 4.52. The standard InChI is InChI=1S/C10H12ClF3N2.C2H2O4/c1-16(9(6-15)10(12,13)14)8-4-2-3-7(11)5-8;3-1(4)2(5)6/h2-5,9H,6,15H2,1H3;(H,3,4)(H,5,6). The summed E-state index contributed by atoms with van der Waals surface area (Å²) in [5, 5.41) is 15.2. The number of nitrogens with two attached hydrogens (primary N) is 1. The number of nitrogens with zero attached hydrogens (tertiary/aromatic N) is 1. The third-order valence-electron chi connectivity index (χ3n) is 2.47. The molecule has 0 fully saturated rings. The van der Waals surface area contributed by atoms with Crippen LogP contribution in [0, 0.1) is 0 Å². The molecule has 0 spiro atoms. The highest BCUT2D eigenvalue weighted by Gasteiger charge is 2.41. The van der Waals surface area contributed by atoms with E-state index in [-0.39, 0.29) is 0 Å². The van der Waals surface area contributed by atoms with Gasteiger partial charge >= 0.3 is 18.1 Å². The summed E-state index contributed by atoms with van der Waals surface area (Å²) in [6.45, 7) is -0.494. The lowest BCUT2D eigenvalue weighted by Gasteiger charge is -2.30. The van der Waals surface area contributed by atoms with Crippen LogP contribution >= 0.6 is 11.6 Å². The molecule has 1 aromatic rings. The van der Waals surface area contributed by atoms with Crippen molar-refractivity contribution in [1.82, 2.24) is 0 Å². The monoisotopic (exact) mass is 342 g/mol. The molecule has 1 rings (SSSR count). The summed E-state index contributed by atoms with van der Waals surface area (Å²) < 4.78 is 37.8. The highest BCUT2D eigenvalue weighted by Crippen LogP contribution is 2.28. The molecule has 1 aromatic carbocycles. The maximum absolute atomic E-state index is 12.6. The molecule has 6 nitrogen and oxygen atoms in total. The largest absolute Gasteiger partial charge is 0.473 e. The maximum atomic E-state index is 12.6. The molecule has 1 unspecified atom stereocenters. The summed E-state index contributed by atoms with van der Waals surface area (Å²) >= 11 is 5.71. The summed E-state index contributed by atoms with van der Waals surface area (Å²) in [4.78, 5) is 19.3. The number of likely N-dealkylation sites (N-methyl/N-ethyl adjacent to an activating group) is 1. The van der Waals surface area contributed by atoms with Crippen molar-refractivity contribution >= 4 is 29.2 Å². The molecule has 0 saturated carbocycles. The predicted octanol–water partition coefficient (Wildman–Crippen LogP) is 1.82. The lowest BCUT2D eigenvalue weighted by atomic mass is 10.2. The third-order valence-corrected chi connectivity index (χ3v) is 2.70. The molecular formula is C12H14ClF3N2O4. The van der Waals surface area contributed by atoms with Gasteiger partial charge < -0.3 is 20.8 Å². The highest BCUT2D eigenvalue weighted by molar-refractivity contribution is 6.30. The summed E-state index contributed by atoms with van der Waals surface area (Å²) in [6.07, 6.45) is -4.36. The Hall–Kier alpha value is -2.00. The molecule has 0 amide bonds. The second-order valence-corrected chi connectivity index (χ2v) is 4.43. The Morgan fingerprint density at radius 1 is 1.32 bits per heavy atom. The van der Waals surface area contributed by atoms with Gasteiger partial charge in [0, 0.05) is 24.3 Å². The van der Waals surface area contributed by atoms with E-state index in [2.05, 4.69) is 0 Å². The van der Waals surface area contributed by atoms with Gasteiger partial charge in [-0.3, -0.25) is 0 Å². The summed E-state index contributed by atoms with van der Waals surface area (Å²) in [7, 11) is 1.34. The molecule has 0 aliphatic carbocycles. The van der Waals surface area contributed by atoms with Gasteiger partial charge in [-0.25, -0.2) is 9.59 Å². The molecule has 0 aromatic heterocycles. The zero-order valence-corrected chi connectivity index (χ0v) is 12.1. The van der Waals surface area contributed by atoms with E-state index < -0.39 is 30.7 Å². The molecule has 1 atom stereocenters. The fourth-order valence-electron chi connectivity index (χ4n) is 1.39. The van der Waals surface area contributed by atoms with Crippen molar-refractivity contribution in [3.63, 3.8) is 0 Å². The van der Waals surface area contributed by atoms with Crippen LogP contribution in [0.5, 0.6) is 0 Å². The van der Waals surface area contributed by atoms with E-state index in [1.165, 1.54) is 13.1 Å². The molecule has 4 N–H and O–H groups in total. The lowest BCUT2D eigenvalue weighted by Crippen LogP contribution is -2.48. The molecule has 10 heteroatoms. The van der Waals surface area contributed by atoms with Gasteiger partial charge in [0.1, 0.15) is 6.04 Å². The number of halogens is 4. The van der Waals surface area contributed by atoms with Crippen LogP contribution in [0.15, 0.2) is 24.3 Å². The number of carbonyl (C=O) groups is 2. The third kappa shape index (κ3) is 6.64. The molecule has 0 aliphatic heterocycles. The molecule has 0 saturated heterocycles. The minimum absolute atomic E-state index is 0.389. The van der Waals surface area contributed by atoms with E-state index >= 15 is 0 Å². The highest BCUT2D eigenvalue weighted by atomic mass is 35.5. The van der Waals surface area contributed by atoms with Gasteiger partial charge in [0.2, 0.25) is 0 Å². The fourth-order valence-corrected chi connectivity index (χ4v) is 1.57. The second-order valence-electron chi connectivity index (χ2n) is 3.99. The molecule has 124 valence electrons. The van der Waals surface area contributed by atoms with Crippen LogP contribution < -0.4 is 10.6 Å². The average Bonchev–Trinajstić information content (AvgIpc) is 2.38. The van der Waals surface area contributed by atoms with Crippen molar-refractivity contribution in [3.8, 4) is 0 Å². The Morgan fingerprint density at radius 2 is 1.82 bits per heavy atom. The Kier molecular flexibility index (Phi) is 7.68. The summed E-state index contributed by atoms with van der Waals surface area (Å²) in [5.74, 6) is -3.65. The van der Waals surface area contributed by atoms with Crippen LogP contribution in [0.25, 0.3) is 0 Å². The van der Waals surface area contributed by atoms with Gasteiger partial charge in [-0.05, 0) is 18.2 Å². The summed E-state index contributed by atoms with van der Waals surface area (Å²) in [5.41, 5.74) is 5.53. The molecule has 0 aliphatic rings. The van der Waals surface area contributed by atoms with Crippen LogP contribution in [0.2, 0.25) is 5.02 Å². The smallest absolute Gasteiger partial charge is 0.414 e. The van der Waals surface area contributed by atoms with Gasteiger partial charge in [0.25, 0.3) is 0 Å². The Morgan fingerprint density at radius 3 is 2.14 bits per heavy atom. The Labute approximate surface area is 128 Å². The van der Waals surface area contributed by atoms with E-state index in [1.54, 1.807) is 18.2 Å².